The SMILES string of the molecule is CCC(C)C(=O)O[C@H]1[C@H](C)[C@@H](C)O[C@@]2(C[C@@H]3CC(C/C=C(\C)C[C@@H](C)/C=C/C=C4\CO[C@@H]5[C@H](O)C(COC(=O)c6ccc[nH]6)=C[C@@H](C(=O)O3)[C@]45O)O2)[C@@H]1O. The van der Waals surface area contributed by atoms with Gasteiger partial charge in [0.2, 0.25) is 5.79 Å². The lowest BCUT2D eigenvalue weighted by Gasteiger charge is -2.53. The molecule has 3 saturated heterocycles. The van der Waals surface area contributed by atoms with Crippen LogP contribution in [0.1, 0.15) is 84.1 Å². The van der Waals surface area contributed by atoms with Crippen LogP contribution in [0.15, 0.2) is 65.4 Å². The fourth-order valence-electron chi connectivity index (χ4n) is 8.24. The number of nitrogens with one attached hydrogen (secondary N) is 1. The lowest BCUT2D eigenvalue weighted by Crippen LogP contribution is -2.67. The lowest BCUT2D eigenvalue weighted by molar-refractivity contribution is -0.383. The van der Waals surface area contributed by atoms with Crippen molar-refractivity contribution in [1.82, 2.24) is 4.98 Å². The first-order valence-electron chi connectivity index (χ1n) is 19.2. The molecule has 13 atom stereocenters. The Balaban J connectivity index is 1.36. The van der Waals surface area contributed by atoms with Gasteiger partial charge in [-0.15, -0.1) is 0 Å². The summed E-state index contributed by atoms with van der Waals surface area (Å²) in [5.74, 6) is -5.56. The summed E-state index contributed by atoms with van der Waals surface area (Å²) in [6.45, 7) is 11.0. The minimum Gasteiger partial charge on any atom is -0.462 e. The van der Waals surface area contributed by atoms with Gasteiger partial charge < -0.3 is 48.7 Å². The van der Waals surface area contributed by atoms with Gasteiger partial charge in [-0.1, -0.05) is 63.6 Å². The molecule has 13 heteroatoms. The first-order chi connectivity index (χ1) is 25.7. The Morgan fingerprint density at radius 2 is 1.93 bits per heavy atom. The maximum absolute atomic E-state index is 14.5. The molecule has 1 aromatic heterocycles. The molecular formula is C41H55NO12. The first-order valence-corrected chi connectivity index (χ1v) is 19.2. The number of esters is 3. The number of aromatic nitrogens is 1. The van der Waals surface area contributed by atoms with E-state index in [9.17, 15) is 29.7 Å². The number of ether oxygens (including phenoxy) is 6. The van der Waals surface area contributed by atoms with Gasteiger partial charge in [0.1, 0.15) is 54.3 Å². The summed E-state index contributed by atoms with van der Waals surface area (Å²) in [6, 6.07) is 3.20. The Hall–Kier alpha value is -3.59. The van der Waals surface area contributed by atoms with Crippen LogP contribution in [-0.4, -0.2) is 106 Å². The van der Waals surface area contributed by atoms with E-state index in [4.69, 9.17) is 28.4 Å². The van der Waals surface area contributed by atoms with Crippen LogP contribution in [0.5, 0.6) is 0 Å². The van der Waals surface area contributed by atoms with Gasteiger partial charge in [-0.25, -0.2) is 4.79 Å². The van der Waals surface area contributed by atoms with Crippen molar-refractivity contribution < 1.29 is 58.1 Å². The highest BCUT2D eigenvalue weighted by molar-refractivity contribution is 5.87. The predicted octanol–water partition coefficient (Wildman–Crippen LogP) is 4.24. The van der Waals surface area contributed by atoms with E-state index >= 15 is 0 Å². The van der Waals surface area contributed by atoms with E-state index in [1.165, 1.54) is 6.08 Å². The Labute approximate surface area is 316 Å². The van der Waals surface area contributed by atoms with Crippen LogP contribution in [0.3, 0.4) is 0 Å². The van der Waals surface area contributed by atoms with Crippen molar-refractivity contribution in [3.05, 3.63) is 71.1 Å². The summed E-state index contributed by atoms with van der Waals surface area (Å²) in [5.41, 5.74) is -0.106. The van der Waals surface area contributed by atoms with Crippen LogP contribution >= 0.6 is 0 Å². The third-order valence-electron chi connectivity index (χ3n) is 11.8. The van der Waals surface area contributed by atoms with Crippen molar-refractivity contribution in [1.29, 1.82) is 0 Å². The van der Waals surface area contributed by atoms with E-state index in [1.54, 1.807) is 31.3 Å². The molecule has 296 valence electrons. The standard InChI is InChI=1S/C41H55NO12/c1-7-24(4)37(45)52-34-25(5)26(6)53-40(35(34)44)19-30-18-29(54-40)14-13-23(3)16-22(2)10-8-11-28-21-49-36-33(43)27(17-31(38(46)51-30)41(28,36)48)20-50-39(47)32-12-9-15-42-32/h8-13,15,17,22,24-26,29-31,33-36,42-44,48H,7,14,16,18-21H2,1-6H3/b10-8+,23-13+,28-11+/t22-,24?,25+,26+,29?,30-,31-,33+,34-,35+,36+,40+,41+/m0/s1. The molecule has 13 nitrogen and oxygen atoms in total. The third kappa shape index (κ3) is 7.89. The van der Waals surface area contributed by atoms with Crippen LogP contribution in [0.2, 0.25) is 0 Å². The highest BCUT2D eigenvalue weighted by Gasteiger charge is 2.62. The predicted molar refractivity (Wildman–Crippen MR) is 194 cm³/mol. The fourth-order valence-corrected chi connectivity index (χ4v) is 8.24. The quantitative estimate of drug-likeness (QED) is 0.185. The number of aliphatic hydroxyl groups is 3. The molecule has 0 amide bonds. The van der Waals surface area contributed by atoms with Gasteiger partial charge in [0.25, 0.3) is 0 Å². The molecule has 5 aliphatic rings. The van der Waals surface area contributed by atoms with E-state index in [0.29, 0.717) is 18.4 Å². The number of aliphatic hydroxyl groups excluding tert-OH is 2. The molecule has 4 N–H and O–H groups in total. The van der Waals surface area contributed by atoms with Crippen molar-refractivity contribution in [3.63, 3.8) is 0 Å². The van der Waals surface area contributed by atoms with E-state index < -0.39 is 77.9 Å². The average Bonchev–Trinajstić information content (AvgIpc) is 3.79. The molecule has 1 aromatic rings. The molecule has 0 saturated carbocycles. The van der Waals surface area contributed by atoms with Crippen LogP contribution in [0.4, 0.5) is 0 Å². The van der Waals surface area contributed by atoms with Gasteiger partial charge in [0.15, 0.2) is 0 Å². The van der Waals surface area contributed by atoms with E-state index in [0.717, 1.165) is 12.0 Å². The van der Waals surface area contributed by atoms with Crippen LogP contribution in [-0.2, 0) is 38.0 Å². The van der Waals surface area contributed by atoms with Crippen molar-refractivity contribution in [2.24, 2.45) is 23.7 Å². The summed E-state index contributed by atoms with van der Waals surface area (Å²) in [4.78, 5) is 43.0. The Kier molecular flexibility index (Phi) is 12.1. The second-order valence-electron chi connectivity index (χ2n) is 15.8. The Bertz CT molecular complexity index is 1660. The highest BCUT2D eigenvalue weighted by atomic mass is 16.7. The lowest BCUT2D eigenvalue weighted by atomic mass is 9.70. The molecule has 4 aliphatic heterocycles. The van der Waals surface area contributed by atoms with Crippen molar-refractivity contribution in [2.45, 2.75) is 128 Å². The Morgan fingerprint density at radius 3 is 2.65 bits per heavy atom. The number of allylic oxidation sites excluding steroid dienone is 4. The van der Waals surface area contributed by atoms with E-state index in [2.05, 4.69) is 18.0 Å². The minimum absolute atomic E-state index is 0.0572. The van der Waals surface area contributed by atoms with Crippen LogP contribution in [0, 0.1) is 23.7 Å². The number of carbonyl (C=O) groups is 3. The van der Waals surface area contributed by atoms with Gasteiger partial charge in [0, 0.05) is 25.0 Å². The molecule has 0 aromatic carbocycles. The third-order valence-corrected chi connectivity index (χ3v) is 11.8. The summed E-state index contributed by atoms with van der Waals surface area (Å²) in [7, 11) is 0. The molecule has 1 spiro atoms. The normalized spacial score (nSPS) is 41.6. The molecule has 3 fully saturated rings. The smallest absolute Gasteiger partial charge is 0.355 e. The molecule has 2 bridgehead atoms. The van der Waals surface area contributed by atoms with Gasteiger partial charge in [-0.05, 0) is 62.3 Å². The number of rotatable bonds is 6. The maximum Gasteiger partial charge on any atom is 0.355 e. The number of hydrogen-bond donors (Lipinski definition) is 4. The zero-order valence-electron chi connectivity index (χ0n) is 31.9. The van der Waals surface area contributed by atoms with Gasteiger partial charge in [0.05, 0.1) is 24.7 Å². The number of hydrogen-bond acceptors (Lipinski definition) is 12. The van der Waals surface area contributed by atoms with Crippen molar-refractivity contribution in [2.75, 3.05) is 13.2 Å². The van der Waals surface area contributed by atoms with Crippen LogP contribution in [0.25, 0.3) is 0 Å². The summed E-state index contributed by atoms with van der Waals surface area (Å²) in [5, 5.41) is 35.9. The largest absolute Gasteiger partial charge is 0.462 e. The topological polar surface area (TPSA) is 183 Å². The molecular weight excluding hydrogens is 698 g/mol. The number of H-pyrrole nitrogens is 1. The molecule has 5 heterocycles. The van der Waals surface area contributed by atoms with E-state index in [1.807, 2.05) is 39.8 Å². The first kappa shape index (κ1) is 40.1. The van der Waals surface area contributed by atoms with Gasteiger partial charge >= 0.3 is 17.9 Å². The summed E-state index contributed by atoms with van der Waals surface area (Å²) in [6.07, 6.45) is 5.61. The second-order valence-corrected chi connectivity index (χ2v) is 15.8. The van der Waals surface area contributed by atoms with Crippen molar-refractivity contribution in [3.8, 4) is 0 Å². The minimum atomic E-state index is -1.99. The number of carbonyl (C=O) groups excluding carboxylic acids is 3. The van der Waals surface area contributed by atoms with Gasteiger partial charge in [-0.2, -0.15) is 0 Å². The number of fused-ring (bicyclic) bond motifs is 2. The molecule has 1 aliphatic carbocycles. The number of aromatic amines is 1. The summed E-state index contributed by atoms with van der Waals surface area (Å²) >= 11 is 0. The second kappa shape index (κ2) is 16.3. The molecule has 2 unspecified atom stereocenters. The van der Waals surface area contributed by atoms with Gasteiger partial charge in [-0.3, -0.25) is 9.59 Å². The van der Waals surface area contributed by atoms with Crippen molar-refractivity contribution >= 4 is 17.9 Å². The molecule has 54 heavy (non-hydrogen) atoms. The maximum atomic E-state index is 14.5. The average molecular weight is 754 g/mol. The summed E-state index contributed by atoms with van der Waals surface area (Å²) < 4.78 is 36.8. The van der Waals surface area contributed by atoms with E-state index in [-0.39, 0.29) is 55.1 Å². The Morgan fingerprint density at radius 1 is 1.15 bits per heavy atom. The zero-order valence-corrected chi connectivity index (χ0v) is 31.9. The van der Waals surface area contributed by atoms with Crippen LogP contribution < -0.4 is 0 Å². The highest BCUT2D eigenvalue weighted by Crippen LogP contribution is 2.48. The molecule has 6 rings (SSSR count). The molecule has 0 radical (unpaired) electrons. The monoisotopic (exact) mass is 753 g/mol. The zero-order chi connectivity index (χ0) is 38.9. The fraction of sp³-hybridized carbons (Fsp3) is 0.634.